The first-order valence-electron chi connectivity index (χ1n) is 7.52. The molecular weight excluding hydrogens is 322 g/mol. The summed E-state index contributed by atoms with van der Waals surface area (Å²) in [7, 11) is 0. The summed E-state index contributed by atoms with van der Waals surface area (Å²) in [6.45, 7) is 3.09. The van der Waals surface area contributed by atoms with E-state index >= 15 is 0 Å². The number of hydrogen-bond donors (Lipinski definition) is 2. The number of nitro groups is 1. The Kier molecular flexibility index (Phi) is 4.45. The fourth-order valence-electron chi connectivity index (χ4n) is 2.88. The summed E-state index contributed by atoms with van der Waals surface area (Å²) in [5, 5.41) is 30.6. The number of benzene rings is 1. The van der Waals surface area contributed by atoms with E-state index < -0.39 is 41.4 Å². The van der Waals surface area contributed by atoms with Crippen LogP contribution in [0.3, 0.4) is 0 Å². The van der Waals surface area contributed by atoms with Gasteiger partial charge in [0.1, 0.15) is 30.2 Å². The molecule has 0 spiro atoms. The third kappa shape index (κ3) is 3.21. The van der Waals surface area contributed by atoms with E-state index in [0.717, 1.165) is 0 Å². The fourth-order valence-corrected chi connectivity index (χ4v) is 2.88. The van der Waals surface area contributed by atoms with E-state index in [0.29, 0.717) is 0 Å². The van der Waals surface area contributed by atoms with Gasteiger partial charge in [-0.05, 0) is 26.0 Å². The van der Waals surface area contributed by atoms with E-state index in [1.807, 2.05) is 0 Å². The Morgan fingerprint density at radius 2 is 1.88 bits per heavy atom. The van der Waals surface area contributed by atoms with Crippen LogP contribution >= 0.6 is 0 Å². The Hall–Kier alpha value is -1.78. The maximum atomic E-state index is 10.7. The number of ether oxygens (including phenoxy) is 4. The third-order valence-corrected chi connectivity index (χ3v) is 3.93. The van der Waals surface area contributed by atoms with Crippen LogP contribution in [0.2, 0.25) is 0 Å². The minimum atomic E-state index is -1.14. The van der Waals surface area contributed by atoms with Crippen LogP contribution in [0.1, 0.15) is 13.8 Å². The van der Waals surface area contributed by atoms with Crippen molar-refractivity contribution in [2.75, 3.05) is 6.61 Å². The Morgan fingerprint density at radius 1 is 1.25 bits per heavy atom. The molecule has 2 aliphatic rings. The average molecular weight is 341 g/mol. The molecule has 0 amide bonds. The Balaban J connectivity index is 1.75. The van der Waals surface area contributed by atoms with E-state index in [-0.39, 0.29) is 18.0 Å². The van der Waals surface area contributed by atoms with Crippen molar-refractivity contribution in [2.24, 2.45) is 0 Å². The van der Waals surface area contributed by atoms with Gasteiger partial charge in [0.2, 0.25) is 6.29 Å². The van der Waals surface area contributed by atoms with Gasteiger partial charge in [0.05, 0.1) is 11.5 Å². The fraction of sp³-hybridized carbons (Fsp3) is 0.600. The van der Waals surface area contributed by atoms with Gasteiger partial charge in [0.15, 0.2) is 5.79 Å². The van der Waals surface area contributed by atoms with Gasteiger partial charge in [0, 0.05) is 12.1 Å². The summed E-state index contributed by atoms with van der Waals surface area (Å²) in [4.78, 5) is 10.1. The van der Waals surface area contributed by atoms with E-state index in [1.54, 1.807) is 13.8 Å². The summed E-state index contributed by atoms with van der Waals surface area (Å²) in [6.07, 6.45) is -4.29. The first kappa shape index (κ1) is 17.1. The Morgan fingerprint density at radius 3 is 2.46 bits per heavy atom. The lowest BCUT2D eigenvalue weighted by Gasteiger charge is -2.39. The number of fused-ring (bicyclic) bond motifs is 1. The quantitative estimate of drug-likeness (QED) is 0.602. The van der Waals surface area contributed by atoms with E-state index in [2.05, 4.69) is 0 Å². The molecule has 24 heavy (non-hydrogen) atoms. The van der Waals surface area contributed by atoms with Gasteiger partial charge in [-0.25, -0.2) is 0 Å². The number of nitrogens with zero attached hydrogens (tertiary/aromatic N) is 1. The monoisotopic (exact) mass is 341 g/mol. The molecule has 1 aromatic carbocycles. The summed E-state index contributed by atoms with van der Waals surface area (Å²) in [6, 6.07) is 5.39. The van der Waals surface area contributed by atoms with Crippen molar-refractivity contribution in [2.45, 2.75) is 50.3 Å². The van der Waals surface area contributed by atoms with E-state index in [9.17, 15) is 20.3 Å². The van der Waals surface area contributed by atoms with Crippen molar-refractivity contribution in [3.8, 4) is 5.75 Å². The predicted octanol–water partition coefficient (Wildman–Crippen LogP) is 0.572. The molecule has 2 heterocycles. The van der Waals surface area contributed by atoms with Gasteiger partial charge < -0.3 is 29.2 Å². The molecule has 2 saturated heterocycles. The number of rotatable bonds is 4. The molecule has 0 saturated carbocycles. The van der Waals surface area contributed by atoms with Crippen molar-refractivity contribution >= 4 is 5.69 Å². The maximum absolute atomic E-state index is 10.7. The average Bonchev–Trinajstić information content (AvgIpc) is 2.86. The third-order valence-electron chi connectivity index (χ3n) is 3.93. The zero-order valence-electron chi connectivity index (χ0n) is 13.2. The Bertz CT molecular complexity index is 604. The van der Waals surface area contributed by atoms with E-state index in [4.69, 9.17) is 18.9 Å². The number of non-ortho nitro benzene ring substituents is 1. The predicted molar refractivity (Wildman–Crippen MR) is 79.3 cm³/mol. The number of aliphatic hydroxyl groups excluding tert-OH is 2. The molecular formula is C15H19NO8. The summed E-state index contributed by atoms with van der Waals surface area (Å²) < 4.78 is 22.5. The largest absolute Gasteiger partial charge is 0.462 e. The van der Waals surface area contributed by atoms with Crippen LogP contribution in [0, 0.1) is 10.1 Å². The molecule has 2 aliphatic heterocycles. The highest BCUT2D eigenvalue weighted by Crippen LogP contribution is 2.38. The Labute approximate surface area is 137 Å². The first-order valence-corrected chi connectivity index (χ1v) is 7.52. The lowest BCUT2D eigenvalue weighted by molar-refractivity contribution is -0.384. The molecule has 0 bridgehead atoms. The highest BCUT2D eigenvalue weighted by atomic mass is 16.8. The second-order valence-electron chi connectivity index (χ2n) is 6.15. The molecule has 0 radical (unpaired) electrons. The van der Waals surface area contributed by atoms with Crippen molar-refractivity contribution in [3.63, 3.8) is 0 Å². The van der Waals surface area contributed by atoms with Crippen molar-refractivity contribution < 1.29 is 34.1 Å². The van der Waals surface area contributed by atoms with Gasteiger partial charge >= 0.3 is 0 Å². The summed E-state index contributed by atoms with van der Waals surface area (Å²) >= 11 is 0. The highest BCUT2D eigenvalue weighted by Gasteiger charge is 2.55. The van der Waals surface area contributed by atoms with Crippen LogP contribution in [0.25, 0.3) is 0 Å². The summed E-state index contributed by atoms with van der Waals surface area (Å²) in [5.74, 6) is -0.618. The van der Waals surface area contributed by atoms with Gasteiger partial charge in [-0.2, -0.15) is 0 Å². The smallest absolute Gasteiger partial charge is 0.269 e. The molecule has 5 atom stereocenters. The molecule has 3 rings (SSSR count). The minimum Gasteiger partial charge on any atom is -0.462 e. The topological polar surface area (TPSA) is 121 Å². The number of aliphatic hydroxyl groups is 2. The standard InChI is InChI=1S/C15H19NO8/c1-15(2)23-12-10(7-17)22-14(11(18)13(12)24-15)21-9-5-3-8(4-6-9)16(19)20/h3-6,10-14,17-18H,7H2,1-2H3/t10-,11-,12+,13-,14+/m1/s1. The van der Waals surface area contributed by atoms with Crippen LogP contribution in [-0.2, 0) is 14.2 Å². The molecule has 0 unspecified atom stereocenters. The van der Waals surface area contributed by atoms with Gasteiger partial charge in [-0.1, -0.05) is 0 Å². The van der Waals surface area contributed by atoms with Gasteiger partial charge in [-0.15, -0.1) is 0 Å². The molecule has 9 nitrogen and oxygen atoms in total. The molecule has 0 aromatic heterocycles. The van der Waals surface area contributed by atoms with Crippen LogP contribution in [0.5, 0.6) is 5.75 Å². The van der Waals surface area contributed by atoms with Gasteiger partial charge in [-0.3, -0.25) is 10.1 Å². The zero-order valence-corrected chi connectivity index (χ0v) is 13.2. The molecule has 2 N–H and O–H groups in total. The molecule has 2 fully saturated rings. The molecule has 0 aliphatic carbocycles. The lowest BCUT2D eigenvalue weighted by atomic mass is 9.99. The SMILES string of the molecule is CC1(C)O[C@@H]2[C@@H](O)[C@@H](Oc3ccc([N+](=O)[O-])cc3)O[C@H](CO)[C@@H]2O1. The number of hydrogen-bond acceptors (Lipinski definition) is 8. The molecule has 9 heteroatoms. The molecule has 132 valence electrons. The first-order chi connectivity index (χ1) is 11.3. The minimum absolute atomic E-state index is 0.0740. The lowest BCUT2D eigenvalue weighted by Crippen LogP contribution is -2.58. The zero-order chi connectivity index (χ0) is 17.5. The van der Waals surface area contributed by atoms with Crippen LogP contribution in [0.15, 0.2) is 24.3 Å². The second-order valence-corrected chi connectivity index (χ2v) is 6.15. The van der Waals surface area contributed by atoms with Crippen LogP contribution < -0.4 is 4.74 Å². The highest BCUT2D eigenvalue weighted by molar-refractivity contribution is 5.36. The normalized spacial score (nSPS) is 34.6. The van der Waals surface area contributed by atoms with Crippen molar-refractivity contribution in [3.05, 3.63) is 34.4 Å². The van der Waals surface area contributed by atoms with E-state index in [1.165, 1.54) is 24.3 Å². The maximum Gasteiger partial charge on any atom is 0.269 e. The van der Waals surface area contributed by atoms with Crippen LogP contribution in [-0.4, -0.2) is 58.2 Å². The van der Waals surface area contributed by atoms with Crippen LogP contribution in [0.4, 0.5) is 5.69 Å². The van der Waals surface area contributed by atoms with Crippen molar-refractivity contribution in [1.29, 1.82) is 0 Å². The van der Waals surface area contributed by atoms with Gasteiger partial charge in [0.25, 0.3) is 5.69 Å². The molecule has 1 aromatic rings. The van der Waals surface area contributed by atoms with Crippen molar-refractivity contribution in [1.82, 2.24) is 0 Å². The summed E-state index contributed by atoms with van der Waals surface area (Å²) in [5.41, 5.74) is -0.0740. The second kappa shape index (κ2) is 6.26. The number of nitro benzene ring substituents is 1.